The average Bonchev–Trinajstić information content (AvgIpc) is 2.10. The molecule has 0 nitrogen and oxygen atoms in total. The summed E-state index contributed by atoms with van der Waals surface area (Å²) in [6, 6.07) is 6.28. The van der Waals surface area contributed by atoms with Crippen LogP contribution < -0.4 is 0 Å². The second-order valence-electron chi connectivity index (χ2n) is 3.44. The molecule has 0 amide bonds. The Morgan fingerprint density at radius 2 is 1.92 bits per heavy atom. The highest BCUT2D eigenvalue weighted by molar-refractivity contribution is 7.83. The Balaban J connectivity index is 2.84. The highest BCUT2D eigenvalue weighted by Crippen LogP contribution is 2.26. The Labute approximate surface area is 91.6 Å². The van der Waals surface area contributed by atoms with Gasteiger partial charge in [0.05, 0.1) is 0 Å². The maximum atomic E-state index is 4.35. The van der Waals surface area contributed by atoms with Gasteiger partial charge in [0, 0.05) is 9.79 Å². The summed E-state index contributed by atoms with van der Waals surface area (Å²) in [7, 11) is 0. The van der Waals surface area contributed by atoms with Crippen LogP contribution in [0.25, 0.3) is 0 Å². The summed E-state index contributed by atoms with van der Waals surface area (Å²) >= 11 is 8.64. The second-order valence-corrected chi connectivity index (χ2v) is 4.40. The van der Waals surface area contributed by atoms with E-state index < -0.39 is 0 Å². The first-order valence-corrected chi connectivity index (χ1v) is 5.56. The summed E-state index contributed by atoms with van der Waals surface area (Å²) in [5.41, 5.74) is 1.37. The van der Waals surface area contributed by atoms with Crippen LogP contribution in [0.1, 0.15) is 38.2 Å². The lowest BCUT2D eigenvalue weighted by atomic mass is 9.97. The molecule has 0 aliphatic carbocycles. The molecule has 0 heterocycles. The van der Waals surface area contributed by atoms with Gasteiger partial charge in [-0.1, -0.05) is 26.3 Å². The van der Waals surface area contributed by atoms with Gasteiger partial charge in [-0.2, -0.15) is 0 Å². The van der Waals surface area contributed by atoms with Crippen LogP contribution in [-0.2, 0) is 0 Å². The fraction of sp³-hybridized carbons (Fsp3) is 0.455. The zero-order valence-corrected chi connectivity index (χ0v) is 9.91. The van der Waals surface area contributed by atoms with Crippen molar-refractivity contribution in [2.24, 2.45) is 0 Å². The third-order valence-corrected chi connectivity index (χ3v) is 3.23. The zero-order chi connectivity index (χ0) is 9.84. The van der Waals surface area contributed by atoms with Gasteiger partial charge in [-0.3, -0.25) is 0 Å². The Morgan fingerprint density at radius 3 is 2.46 bits per heavy atom. The number of hydrogen-bond donors (Lipinski definition) is 2. The lowest BCUT2D eigenvalue weighted by molar-refractivity contribution is 0.663. The van der Waals surface area contributed by atoms with E-state index in [1.165, 1.54) is 18.4 Å². The number of rotatable bonds is 3. The van der Waals surface area contributed by atoms with Crippen LogP contribution in [0.15, 0.2) is 28.0 Å². The smallest absolute Gasteiger partial charge is 0.0177 e. The Bertz CT molecular complexity index is 281. The minimum atomic E-state index is 0.629. The third-order valence-electron chi connectivity index (χ3n) is 2.29. The molecule has 0 radical (unpaired) electrons. The quantitative estimate of drug-likeness (QED) is 0.690. The van der Waals surface area contributed by atoms with Gasteiger partial charge in [-0.05, 0) is 30.0 Å². The predicted octanol–water partition coefficient (Wildman–Crippen LogP) is 4.17. The molecule has 13 heavy (non-hydrogen) atoms. The van der Waals surface area contributed by atoms with Crippen LogP contribution in [0, 0.1) is 0 Å². The molecule has 1 unspecified atom stereocenters. The van der Waals surface area contributed by atoms with E-state index in [0.29, 0.717) is 5.92 Å². The number of hydrogen-bond acceptors (Lipinski definition) is 2. The zero-order valence-electron chi connectivity index (χ0n) is 8.12. The normalized spacial score (nSPS) is 12.9. The third kappa shape index (κ3) is 2.96. The molecule has 0 fully saturated rings. The molecule has 72 valence electrons. The molecule has 0 aliphatic heterocycles. The first-order valence-electron chi connectivity index (χ1n) is 4.67. The molecule has 0 bridgehead atoms. The van der Waals surface area contributed by atoms with Crippen molar-refractivity contribution in [3.05, 3.63) is 23.8 Å². The standard InChI is InChI=1S/C11H16S2/c1-3-4-8(2)9-5-6-10(12)11(13)7-9/h5-8,12-13H,3-4H2,1-2H3. The van der Waals surface area contributed by atoms with Crippen molar-refractivity contribution in [2.75, 3.05) is 0 Å². The van der Waals surface area contributed by atoms with Gasteiger partial charge in [-0.25, -0.2) is 0 Å². The summed E-state index contributed by atoms with van der Waals surface area (Å²) in [6.45, 7) is 4.47. The summed E-state index contributed by atoms with van der Waals surface area (Å²) in [4.78, 5) is 1.93. The van der Waals surface area contributed by atoms with Crippen LogP contribution in [0.5, 0.6) is 0 Å². The minimum Gasteiger partial charge on any atom is -0.142 e. The molecule has 0 N–H and O–H groups in total. The van der Waals surface area contributed by atoms with Crippen molar-refractivity contribution < 1.29 is 0 Å². The van der Waals surface area contributed by atoms with Crippen molar-refractivity contribution in [1.29, 1.82) is 0 Å². The molecular weight excluding hydrogens is 196 g/mol. The molecular formula is C11H16S2. The van der Waals surface area contributed by atoms with Crippen molar-refractivity contribution >= 4 is 25.3 Å². The van der Waals surface area contributed by atoms with Crippen LogP contribution in [0.4, 0.5) is 0 Å². The highest BCUT2D eigenvalue weighted by Gasteiger charge is 2.05. The van der Waals surface area contributed by atoms with Crippen molar-refractivity contribution in [1.82, 2.24) is 0 Å². The van der Waals surface area contributed by atoms with E-state index >= 15 is 0 Å². The predicted molar refractivity (Wildman–Crippen MR) is 64.3 cm³/mol. The number of thiol groups is 2. The van der Waals surface area contributed by atoms with E-state index in [4.69, 9.17) is 0 Å². The van der Waals surface area contributed by atoms with E-state index in [0.717, 1.165) is 9.79 Å². The van der Waals surface area contributed by atoms with Crippen molar-refractivity contribution in [2.45, 2.75) is 42.4 Å². The van der Waals surface area contributed by atoms with Gasteiger partial charge >= 0.3 is 0 Å². The molecule has 1 atom stereocenters. The van der Waals surface area contributed by atoms with Gasteiger partial charge in [0.15, 0.2) is 0 Å². The molecule has 0 aliphatic rings. The largest absolute Gasteiger partial charge is 0.142 e. The van der Waals surface area contributed by atoms with Gasteiger partial charge < -0.3 is 0 Å². The minimum absolute atomic E-state index is 0.629. The highest BCUT2D eigenvalue weighted by atomic mass is 32.1. The van der Waals surface area contributed by atoms with Crippen molar-refractivity contribution in [3.63, 3.8) is 0 Å². The monoisotopic (exact) mass is 212 g/mol. The van der Waals surface area contributed by atoms with Gasteiger partial charge in [0.25, 0.3) is 0 Å². The summed E-state index contributed by atoms with van der Waals surface area (Å²) < 4.78 is 0. The molecule has 1 aromatic rings. The van der Waals surface area contributed by atoms with Crippen LogP contribution in [0.2, 0.25) is 0 Å². The Kier molecular flexibility index (Phi) is 4.20. The average molecular weight is 212 g/mol. The maximum absolute atomic E-state index is 4.35. The van der Waals surface area contributed by atoms with Gasteiger partial charge in [-0.15, -0.1) is 25.3 Å². The topological polar surface area (TPSA) is 0 Å². The Morgan fingerprint density at radius 1 is 1.23 bits per heavy atom. The van der Waals surface area contributed by atoms with Gasteiger partial charge in [0.2, 0.25) is 0 Å². The summed E-state index contributed by atoms with van der Waals surface area (Å²) in [5, 5.41) is 0. The Hall–Kier alpha value is -0.0800. The lowest BCUT2D eigenvalue weighted by Gasteiger charge is -2.11. The summed E-state index contributed by atoms with van der Waals surface area (Å²) in [5.74, 6) is 0.629. The van der Waals surface area contributed by atoms with E-state index in [-0.39, 0.29) is 0 Å². The van der Waals surface area contributed by atoms with E-state index in [2.05, 4.69) is 51.2 Å². The summed E-state index contributed by atoms with van der Waals surface area (Å²) in [6.07, 6.45) is 2.46. The second kappa shape index (κ2) is 4.97. The lowest BCUT2D eigenvalue weighted by Crippen LogP contribution is -1.92. The van der Waals surface area contributed by atoms with Crippen LogP contribution in [0.3, 0.4) is 0 Å². The van der Waals surface area contributed by atoms with E-state index in [1.54, 1.807) is 0 Å². The first kappa shape index (κ1) is 11.0. The number of benzene rings is 1. The first-order chi connectivity index (χ1) is 6.15. The molecule has 0 aromatic heterocycles. The SMILES string of the molecule is CCCC(C)c1ccc(S)c(S)c1. The van der Waals surface area contributed by atoms with Crippen LogP contribution in [-0.4, -0.2) is 0 Å². The fourth-order valence-corrected chi connectivity index (χ4v) is 1.81. The molecule has 2 heteroatoms. The van der Waals surface area contributed by atoms with Gasteiger partial charge in [0.1, 0.15) is 0 Å². The molecule has 1 aromatic carbocycles. The fourth-order valence-electron chi connectivity index (χ4n) is 1.45. The van der Waals surface area contributed by atoms with E-state index in [9.17, 15) is 0 Å². The van der Waals surface area contributed by atoms with Crippen LogP contribution >= 0.6 is 25.3 Å². The molecule has 0 saturated carbocycles. The van der Waals surface area contributed by atoms with Crippen molar-refractivity contribution in [3.8, 4) is 0 Å². The molecule has 1 rings (SSSR count). The molecule has 0 spiro atoms. The van der Waals surface area contributed by atoms with E-state index in [1.807, 2.05) is 6.07 Å². The maximum Gasteiger partial charge on any atom is 0.0177 e. The molecule has 0 saturated heterocycles.